The van der Waals surface area contributed by atoms with Gasteiger partial charge in [0.05, 0.1) is 12.0 Å². The van der Waals surface area contributed by atoms with Gasteiger partial charge in [-0.15, -0.1) is 0 Å². The van der Waals surface area contributed by atoms with E-state index in [1.165, 1.54) is 0 Å². The molecule has 1 unspecified atom stereocenters. The molecule has 2 aromatic carbocycles. The van der Waals surface area contributed by atoms with Crippen LogP contribution in [0.1, 0.15) is 47.8 Å². The maximum absolute atomic E-state index is 12.8. The summed E-state index contributed by atoms with van der Waals surface area (Å²) < 4.78 is 11.4. The van der Waals surface area contributed by atoms with E-state index >= 15 is 0 Å². The fourth-order valence-corrected chi connectivity index (χ4v) is 3.36. The Hall–Kier alpha value is -2.66. The van der Waals surface area contributed by atoms with Crippen molar-refractivity contribution in [3.05, 3.63) is 64.7 Å². The number of fused-ring (bicyclic) bond motifs is 2. The summed E-state index contributed by atoms with van der Waals surface area (Å²) in [6, 6.07) is 12.7. The van der Waals surface area contributed by atoms with Crippen molar-refractivity contribution in [2.45, 2.75) is 40.0 Å². The van der Waals surface area contributed by atoms with E-state index in [1.807, 2.05) is 45.0 Å². The number of nitrogens with zero attached hydrogens (tertiary/aromatic N) is 1. The molecule has 0 N–H and O–H groups in total. The van der Waals surface area contributed by atoms with Crippen molar-refractivity contribution in [3.63, 3.8) is 0 Å². The number of hydrogen-bond donors (Lipinski definition) is 0. The van der Waals surface area contributed by atoms with E-state index < -0.39 is 0 Å². The lowest BCUT2D eigenvalue weighted by Gasteiger charge is -2.25. The summed E-state index contributed by atoms with van der Waals surface area (Å²) in [5.74, 6) is 0.165. The molecule has 0 spiro atoms. The zero-order valence-electron chi connectivity index (χ0n) is 16.0. The number of carbonyl (C=O) groups is 2. The number of ether oxygens (including phenoxy) is 2. The standard InChI is InChI=1S/C22H25NO4/c1-4-23(5-2)15(3)27-21(24)13-16-10-11-19-20(12-16)26-14-17-8-6-7-9-18(17)22(19)25/h6-12,15H,4-5,13-14H2,1-3H3. The number of hydrogen-bond acceptors (Lipinski definition) is 5. The molecule has 5 nitrogen and oxygen atoms in total. The summed E-state index contributed by atoms with van der Waals surface area (Å²) in [7, 11) is 0. The van der Waals surface area contributed by atoms with Gasteiger partial charge >= 0.3 is 5.97 Å². The summed E-state index contributed by atoms with van der Waals surface area (Å²) in [5, 5.41) is 0. The van der Waals surface area contributed by atoms with Crippen molar-refractivity contribution < 1.29 is 19.1 Å². The van der Waals surface area contributed by atoms with Crippen molar-refractivity contribution in [3.8, 4) is 5.75 Å². The lowest BCUT2D eigenvalue weighted by molar-refractivity contribution is -0.156. The van der Waals surface area contributed by atoms with E-state index in [1.54, 1.807) is 18.2 Å². The van der Waals surface area contributed by atoms with Gasteiger partial charge in [-0.05, 0) is 37.7 Å². The van der Waals surface area contributed by atoms with Gasteiger partial charge in [-0.1, -0.05) is 44.2 Å². The molecule has 0 fully saturated rings. The molecule has 2 aromatic rings. The zero-order chi connectivity index (χ0) is 19.4. The zero-order valence-corrected chi connectivity index (χ0v) is 16.0. The Kier molecular flexibility index (Phi) is 5.91. The van der Waals surface area contributed by atoms with E-state index in [0.717, 1.165) is 24.2 Å². The number of esters is 1. The minimum absolute atomic E-state index is 0.0533. The van der Waals surface area contributed by atoms with Gasteiger partial charge in [-0.25, -0.2) is 0 Å². The molecule has 1 atom stereocenters. The monoisotopic (exact) mass is 367 g/mol. The molecular formula is C22H25NO4. The first-order valence-electron chi connectivity index (χ1n) is 9.35. The van der Waals surface area contributed by atoms with E-state index in [4.69, 9.17) is 9.47 Å². The van der Waals surface area contributed by atoms with Crippen molar-refractivity contribution in [2.75, 3.05) is 13.1 Å². The van der Waals surface area contributed by atoms with Crippen LogP contribution in [0.15, 0.2) is 42.5 Å². The van der Waals surface area contributed by atoms with Crippen molar-refractivity contribution in [1.29, 1.82) is 0 Å². The molecule has 27 heavy (non-hydrogen) atoms. The Bertz CT molecular complexity index is 842. The maximum atomic E-state index is 12.8. The van der Waals surface area contributed by atoms with E-state index in [9.17, 15) is 9.59 Å². The summed E-state index contributed by atoms with van der Waals surface area (Å²) >= 11 is 0. The van der Waals surface area contributed by atoms with E-state index in [-0.39, 0.29) is 24.4 Å². The number of carbonyl (C=O) groups excluding carboxylic acids is 2. The highest BCUT2D eigenvalue weighted by Crippen LogP contribution is 2.29. The van der Waals surface area contributed by atoms with Crippen LogP contribution in [0.2, 0.25) is 0 Å². The molecule has 0 bridgehead atoms. The van der Waals surface area contributed by atoms with Gasteiger partial charge < -0.3 is 9.47 Å². The minimum Gasteiger partial charge on any atom is -0.488 e. The predicted octanol–water partition coefficient (Wildman–Crippen LogP) is 3.58. The summed E-state index contributed by atoms with van der Waals surface area (Å²) in [4.78, 5) is 27.1. The summed E-state index contributed by atoms with van der Waals surface area (Å²) in [6.45, 7) is 7.92. The number of rotatable bonds is 6. The van der Waals surface area contributed by atoms with Gasteiger partial charge in [-0.2, -0.15) is 0 Å². The lowest BCUT2D eigenvalue weighted by atomic mass is 9.98. The Morgan fingerprint density at radius 1 is 1.15 bits per heavy atom. The topological polar surface area (TPSA) is 55.8 Å². The van der Waals surface area contributed by atoms with Crippen LogP contribution < -0.4 is 4.74 Å². The molecule has 0 radical (unpaired) electrons. The smallest absolute Gasteiger partial charge is 0.311 e. The second-order valence-electron chi connectivity index (χ2n) is 6.59. The third-order valence-corrected chi connectivity index (χ3v) is 4.91. The summed E-state index contributed by atoms with van der Waals surface area (Å²) in [5.41, 5.74) is 2.82. The average Bonchev–Trinajstić information content (AvgIpc) is 2.80. The van der Waals surface area contributed by atoms with Crippen LogP contribution in [0, 0.1) is 0 Å². The summed E-state index contributed by atoms with van der Waals surface area (Å²) in [6.07, 6.45) is -0.121. The second-order valence-corrected chi connectivity index (χ2v) is 6.59. The SMILES string of the molecule is CCN(CC)C(C)OC(=O)Cc1ccc2c(c1)OCc1ccccc1C2=O. The van der Waals surface area contributed by atoms with Crippen LogP contribution in [0.25, 0.3) is 0 Å². The lowest BCUT2D eigenvalue weighted by Crippen LogP contribution is -2.36. The molecular weight excluding hydrogens is 342 g/mol. The van der Waals surface area contributed by atoms with Crippen LogP contribution in [0.3, 0.4) is 0 Å². The Morgan fingerprint density at radius 3 is 2.63 bits per heavy atom. The van der Waals surface area contributed by atoms with E-state index in [0.29, 0.717) is 23.5 Å². The second kappa shape index (κ2) is 8.35. The molecule has 1 heterocycles. The third kappa shape index (κ3) is 4.19. The molecule has 0 aromatic heterocycles. The van der Waals surface area contributed by atoms with Crippen LogP contribution in [0.4, 0.5) is 0 Å². The van der Waals surface area contributed by atoms with Crippen LogP contribution >= 0.6 is 0 Å². The molecule has 0 aliphatic carbocycles. The molecule has 0 saturated carbocycles. The Balaban J connectivity index is 1.74. The van der Waals surface area contributed by atoms with Crippen LogP contribution in [-0.4, -0.2) is 36.0 Å². The molecule has 0 amide bonds. The Labute approximate surface area is 159 Å². The van der Waals surface area contributed by atoms with Crippen molar-refractivity contribution in [1.82, 2.24) is 4.90 Å². The van der Waals surface area contributed by atoms with E-state index in [2.05, 4.69) is 4.90 Å². The molecule has 3 rings (SSSR count). The van der Waals surface area contributed by atoms with Gasteiger partial charge in [0.1, 0.15) is 12.4 Å². The van der Waals surface area contributed by atoms with Gasteiger partial charge in [-0.3, -0.25) is 14.5 Å². The Morgan fingerprint density at radius 2 is 1.89 bits per heavy atom. The number of benzene rings is 2. The molecule has 0 saturated heterocycles. The largest absolute Gasteiger partial charge is 0.488 e. The first kappa shape index (κ1) is 19.1. The highest BCUT2D eigenvalue weighted by molar-refractivity contribution is 6.12. The average molecular weight is 367 g/mol. The predicted molar refractivity (Wildman–Crippen MR) is 103 cm³/mol. The molecule has 1 aliphatic rings. The fraction of sp³-hybridized carbons (Fsp3) is 0.364. The number of ketones is 1. The van der Waals surface area contributed by atoms with Gasteiger partial charge in [0.25, 0.3) is 0 Å². The van der Waals surface area contributed by atoms with Crippen molar-refractivity contribution in [2.24, 2.45) is 0 Å². The fourth-order valence-electron chi connectivity index (χ4n) is 3.36. The van der Waals surface area contributed by atoms with Gasteiger partial charge in [0.2, 0.25) is 0 Å². The third-order valence-electron chi connectivity index (χ3n) is 4.91. The molecule has 1 aliphatic heterocycles. The minimum atomic E-state index is -0.294. The normalized spacial score (nSPS) is 14.0. The quantitative estimate of drug-likeness (QED) is 0.577. The van der Waals surface area contributed by atoms with Gasteiger partial charge in [0.15, 0.2) is 12.0 Å². The molecule has 142 valence electrons. The first-order valence-corrected chi connectivity index (χ1v) is 9.35. The van der Waals surface area contributed by atoms with Crippen LogP contribution in [0.5, 0.6) is 5.75 Å². The van der Waals surface area contributed by atoms with Crippen molar-refractivity contribution >= 4 is 11.8 Å². The maximum Gasteiger partial charge on any atom is 0.311 e. The van der Waals surface area contributed by atoms with Gasteiger partial charge in [0, 0.05) is 11.1 Å². The van der Waals surface area contributed by atoms with Crippen LogP contribution in [-0.2, 0) is 22.6 Å². The highest BCUT2D eigenvalue weighted by atomic mass is 16.6. The highest BCUT2D eigenvalue weighted by Gasteiger charge is 2.23. The first-order chi connectivity index (χ1) is 13.0. The molecule has 5 heteroatoms.